The normalized spacial score (nSPS) is 15.5. The van der Waals surface area contributed by atoms with Gasteiger partial charge in [0.15, 0.2) is 23.0 Å². The second-order valence-corrected chi connectivity index (χ2v) is 10.1. The Kier molecular flexibility index (Phi) is 11.2. The van der Waals surface area contributed by atoms with Gasteiger partial charge in [0.25, 0.3) is 5.91 Å². The fourth-order valence-electron chi connectivity index (χ4n) is 5.07. The Balaban J connectivity index is 1.58. The quantitative estimate of drug-likeness (QED) is 0.119. The summed E-state index contributed by atoms with van der Waals surface area (Å²) in [5.41, 5.74) is 2.99. The topological polar surface area (TPSA) is 105 Å². The fourth-order valence-corrected chi connectivity index (χ4v) is 5.07. The van der Waals surface area contributed by atoms with Crippen molar-refractivity contribution < 1.29 is 43.2 Å². The zero-order valence-electron chi connectivity index (χ0n) is 26.0. The first-order valence-electron chi connectivity index (χ1n) is 14.3. The van der Waals surface area contributed by atoms with E-state index in [1.807, 2.05) is 31.2 Å². The monoisotopic (exact) mass is 605 g/mol. The van der Waals surface area contributed by atoms with Crippen LogP contribution in [0.5, 0.6) is 34.5 Å². The van der Waals surface area contributed by atoms with E-state index in [-0.39, 0.29) is 24.0 Å². The van der Waals surface area contributed by atoms with Gasteiger partial charge in [-0.3, -0.25) is 10.0 Å². The van der Waals surface area contributed by atoms with E-state index in [2.05, 4.69) is 12.0 Å². The van der Waals surface area contributed by atoms with Crippen molar-refractivity contribution in [3.63, 3.8) is 0 Å². The molecular weight excluding hydrogens is 566 g/mol. The Bertz CT molecular complexity index is 1470. The van der Waals surface area contributed by atoms with Crippen LogP contribution in [0, 0.1) is 12.0 Å². The Morgan fingerprint density at radius 1 is 0.886 bits per heavy atom. The van der Waals surface area contributed by atoms with E-state index in [0.29, 0.717) is 59.2 Å². The molecular formula is C34H39NO9. The van der Waals surface area contributed by atoms with Gasteiger partial charge in [-0.25, -0.2) is 0 Å². The Morgan fingerprint density at radius 2 is 1.52 bits per heavy atom. The van der Waals surface area contributed by atoms with E-state index < -0.39 is 5.91 Å². The lowest BCUT2D eigenvalue weighted by Crippen LogP contribution is -2.22. The molecule has 0 saturated carbocycles. The van der Waals surface area contributed by atoms with Crippen LogP contribution in [0.1, 0.15) is 58.8 Å². The van der Waals surface area contributed by atoms with Gasteiger partial charge < -0.3 is 33.2 Å². The summed E-state index contributed by atoms with van der Waals surface area (Å²) < 4.78 is 39.7. The van der Waals surface area contributed by atoms with Gasteiger partial charge in [0.2, 0.25) is 5.75 Å². The van der Waals surface area contributed by atoms with Crippen LogP contribution in [0.15, 0.2) is 48.5 Å². The van der Waals surface area contributed by atoms with E-state index in [4.69, 9.17) is 33.2 Å². The van der Waals surface area contributed by atoms with E-state index in [1.165, 1.54) is 7.11 Å². The van der Waals surface area contributed by atoms with Gasteiger partial charge >= 0.3 is 0 Å². The molecule has 1 N–H and O–H groups in total. The molecule has 234 valence electrons. The molecule has 44 heavy (non-hydrogen) atoms. The molecule has 0 aromatic heterocycles. The van der Waals surface area contributed by atoms with Crippen LogP contribution in [0.25, 0.3) is 0 Å². The van der Waals surface area contributed by atoms with Crippen LogP contribution < -0.4 is 28.4 Å². The average molecular weight is 606 g/mol. The second-order valence-electron chi connectivity index (χ2n) is 10.1. The molecule has 0 aliphatic carbocycles. The lowest BCUT2D eigenvalue weighted by molar-refractivity contribution is -0.0117. The molecule has 3 aromatic carbocycles. The fraction of sp³-hybridized carbons (Fsp3) is 0.382. The molecule has 1 heterocycles. The summed E-state index contributed by atoms with van der Waals surface area (Å²) in [6, 6.07) is 16.8. The molecule has 2 atom stereocenters. The molecule has 10 heteroatoms. The molecule has 3 aromatic rings. The van der Waals surface area contributed by atoms with Crippen molar-refractivity contribution in [2.24, 2.45) is 0 Å². The molecule has 1 aliphatic heterocycles. The summed E-state index contributed by atoms with van der Waals surface area (Å²) in [4.78, 5) is 12.6. The number of methoxy groups -OCH3 is 5. The first-order valence-corrected chi connectivity index (χ1v) is 14.3. The molecule has 1 amide bonds. The number of nitrogens with zero attached hydrogens (tertiary/aromatic N) is 1. The van der Waals surface area contributed by atoms with Crippen molar-refractivity contribution in [3.05, 3.63) is 70.8 Å². The number of ether oxygens (including phenoxy) is 7. The molecule has 1 saturated heterocycles. The molecule has 4 rings (SSSR count). The zero-order valence-corrected chi connectivity index (χ0v) is 26.0. The molecule has 0 bridgehead atoms. The van der Waals surface area contributed by atoms with Crippen molar-refractivity contribution in [2.75, 3.05) is 48.8 Å². The molecule has 1 aliphatic rings. The molecule has 0 spiro atoms. The molecule has 10 nitrogen and oxygen atoms in total. The Morgan fingerprint density at radius 3 is 2.11 bits per heavy atom. The number of hydrogen-bond donors (Lipinski definition) is 1. The lowest BCUT2D eigenvalue weighted by Gasteiger charge is -2.18. The third kappa shape index (κ3) is 7.30. The highest BCUT2D eigenvalue weighted by Crippen LogP contribution is 2.46. The number of amides is 1. The zero-order chi connectivity index (χ0) is 31.6. The lowest BCUT2D eigenvalue weighted by atomic mass is 9.91. The predicted octanol–water partition coefficient (Wildman–Crippen LogP) is 5.80. The van der Waals surface area contributed by atoms with Gasteiger partial charge in [-0.15, -0.1) is 5.06 Å². The third-order valence-electron chi connectivity index (χ3n) is 7.35. The third-order valence-corrected chi connectivity index (χ3v) is 7.35. The molecule has 1 fully saturated rings. The predicted molar refractivity (Wildman–Crippen MR) is 163 cm³/mol. The van der Waals surface area contributed by atoms with Gasteiger partial charge in [0, 0.05) is 29.5 Å². The number of hydroxylamine groups is 2. The maximum atomic E-state index is 12.6. The van der Waals surface area contributed by atoms with Crippen molar-refractivity contribution in [3.8, 4) is 46.5 Å². The van der Waals surface area contributed by atoms with Crippen LogP contribution in [-0.2, 0) is 11.2 Å². The smallest absolute Gasteiger partial charge is 0.289 e. The van der Waals surface area contributed by atoms with Gasteiger partial charge in [-0.1, -0.05) is 18.9 Å². The minimum absolute atomic E-state index is 0.0610. The van der Waals surface area contributed by atoms with E-state index >= 15 is 0 Å². The maximum absolute atomic E-state index is 12.6. The van der Waals surface area contributed by atoms with E-state index in [9.17, 15) is 10.0 Å². The van der Waals surface area contributed by atoms with Crippen LogP contribution >= 0.6 is 0 Å². The number of benzene rings is 3. The molecule has 0 radical (unpaired) electrons. The standard InChI is InChI=1S/C34H39NO9/c1-7-15-43-32-23(9-8-14-35(37)34(36)22-10-12-27(38-2)13-11-22)16-24(17-29(32)39-3)26-20-28(44-21-26)25-18-30(40-4)33(42-6)31(19-25)41-5/h10-13,16-19,26,28,37H,7,9,15,20-21H2,1-6H3. The SMILES string of the molecule is CCCOc1c(CC#CN(O)C(=O)c2ccc(OC)cc2)cc(C2COC(c3cc(OC)c(OC)c(OC)c3)C2)cc1OC. The highest BCUT2D eigenvalue weighted by Gasteiger charge is 2.31. The highest BCUT2D eigenvalue weighted by atomic mass is 16.5. The minimum atomic E-state index is -0.644. The van der Waals surface area contributed by atoms with E-state index in [0.717, 1.165) is 23.1 Å². The molecule has 2 unspecified atom stereocenters. The Labute approximate surface area is 258 Å². The van der Waals surface area contributed by atoms with Crippen molar-refractivity contribution in [2.45, 2.75) is 38.2 Å². The van der Waals surface area contributed by atoms with Gasteiger partial charge in [-0.2, -0.15) is 0 Å². The van der Waals surface area contributed by atoms with Crippen molar-refractivity contribution in [1.82, 2.24) is 5.06 Å². The van der Waals surface area contributed by atoms with Crippen molar-refractivity contribution in [1.29, 1.82) is 0 Å². The van der Waals surface area contributed by atoms with E-state index in [1.54, 1.807) is 52.7 Å². The van der Waals surface area contributed by atoms with Gasteiger partial charge in [0.05, 0.1) is 54.9 Å². The number of carbonyl (C=O) groups excluding carboxylic acids is 1. The Hall–Kier alpha value is -4.59. The maximum Gasteiger partial charge on any atom is 0.289 e. The van der Waals surface area contributed by atoms with Gasteiger partial charge in [-0.05, 0) is 66.4 Å². The summed E-state index contributed by atoms with van der Waals surface area (Å²) in [7, 11) is 7.88. The summed E-state index contributed by atoms with van der Waals surface area (Å²) >= 11 is 0. The van der Waals surface area contributed by atoms with Crippen LogP contribution in [0.3, 0.4) is 0 Å². The summed E-state index contributed by atoms with van der Waals surface area (Å²) in [5, 5.41) is 10.7. The second kappa shape index (κ2) is 15.2. The first-order chi connectivity index (χ1) is 21.4. The number of rotatable bonds is 12. The summed E-state index contributed by atoms with van der Waals surface area (Å²) in [5.74, 6) is 5.75. The highest BCUT2D eigenvalue weighted by molar-refractivity contribution is 5.94. The first kappa shape index (κ1) is 32.3. The van der Waals surface area contributed by atoms with Crippen LogP contribution in [0.2, 0.25) is 0 Å². The summed E-state index contributed by atoms with van der Waals surface area (Å²) in [6.07, 6.45) is 1.54. The van der Waals surface area contributed by atoms with Gasteiger partial charge in [0.1, 0.15) is 5.75 Å². The van der Waals surface area contributed by atoms with Crippen LogP contribution in [-0.4, -0.2) is 64.9 Å². The number of carbonyl (C=O) groups is 1. The minimum Gasteiger partial charge on any atom is -0.497 e. The van der Waals surface area contributed by atoms with Crippen molar-refractivity contribution >= 4 is 5.91 Å². The van der Waals surface area contributed by atoms with Crippen LogP contribution in [0.4, 0.5) is 0 Å². The average Bonchev–Trinajstić information content (AvgIpc) is 3.56. The largest absolute Gasteiger partial charge is 0.497 e. The number of hydrogen-bond acceptors (Lipinski definition) is 9. The summed E-state index contributed by atoms with van der Waals surface area (Å²) in [6.45, 7) is 3.01.